The highest BCUT2D eigenvalue weighted by Crippen LogP contribution is 2.37. The van der Waals surface area contributed by atoms with Gasteiger partial charge < -0.3 is 5.32 Å². The predicted octanol–water partition coefficient (Wildman–Crippen LogP) is 4.35. The van der Waals surface area contributed by atoms with E-state index in [1.165, 1.54) is 22.9 Å². The molecular weight excluding hydrogens is 396 g/mol. The summed E-state index contributed by atoms with van der Waals surface area (Å²) in [6.07, 6.45) is 3.64. The second kappa shape index (κ2) is 7.65. The Morgan fingerprint density at radius 2 is 1.83 bits per heavy atom. The molecule has 1 aliphatic heterocycles. The fourth-order valence-electron chi connectivity index (χ4n) is 3.67. The highest BCUT2D eigenvalue weighted by Gasteiger charge is 2.43. The predicted molar refractivity (Wildman–Crippen MR) is 120 cm³/mol. The number of benzene rings is 2. The quantitative estimate of drug-likeness (QED) is 0.638. The molecule has 0 atom stereocenters. The molecule has 2 heterocycles. The van der Waals surface area contributed by atoms with Gasteiger partial charge in [0.25, 0.3) is 0 Å². The molecule has 1 N–H and O–H groups in total. The molecule has 30 heavy (non-hydrogen) atoms. The number of imidazole rings is 1. The van der Waals surface area contributed by atoms with Crippen LogP contribution in [0.2, 0.25) is 0 Å². The molecule has 0 unspecified atom stereocenters. The summed E-state index contributed by atoms with van der Waals surface area (Å²) in [5.74, 6) is -0.160. The van der Waals surface area contributed by atoms with E-state index >= 15 is 0 Å². The average molecular weight is 421 g/mol. The van der Waals surface area contributed by atoms with Crippen molar-refractivity contribution >= 4 is 35.0 Å². The number of aryl methyl sites for hydroxylation is 1. The van der Waals surface area contributed by atoms with Crippen molar-refractivity contribution in [2.45, 2.75) is 38.4 Å². The van der Waals surface area contributed by atoms with Crippen molar-refractivity contribution in [3.63, 3.8) is 0 Å². The third-order valence-corrected chi connectivity index (χ3v) is 6.48. The maximum atomic E-state index is 13.3. The summed E-state index contributed by atoms with van der Waals surface area (Å²) in [5, 5.41) is 3.63. The van der Waals surface area contributed by atoms with Crippen LogP contribution in [0.3, 0.4) is 0 Å². The summed E-state index contributed by atoms with van der Waals surface area (Å²) in [5.41, 5.74) is 3.81. The van der Waals surface area contributed by atoms with Crippen LogP contribution in [0.4, 0.5) is 11.4 Å². The van der Waals surface area contributed by atoms with Crippen LogP contribution in [0.5, 0.6) is 0 Å². The van der Waals surface area contributed by atoms with E-state index < -0.39 is 5.54 Å². The average Bonchev–Trinajstić information content (AvgIpc) is 3.17. The topological polar surface area (TPSA) is 67.2 Å². The van der Waals surface area contributed by atoms with Gasteiger partial charge in [-0.3, -0.25) is 19.1 Å². The first-order valence-corrected chi connectivity index (χ1v) is 10.8. The van der Waals surface area contributed by atoms with Crippen molar-refractivity contribution in [1.82, 2.24) is 9.55 Å². The molecule has 4 rings (SSSR count). The second-order valence-electron chi connectivity index (χ2n) is 7.85. The lowest BCUT2D eigenvalue weighted by Gasteiger charge is -2.42. The van der Waals surface area contributed by atoms with Crippen molar-refractivity contribution in [3.8, 4) is 5.69 Å². The van der Waals surface area contributed by atoms with Crippen LogP contribution in [0.1, 0.15) is 25.0 Å². The smallest absolute Gasteiger partial charge is 0.250 e. The number of carbonyl (C=O) groups excluding carboxylic acids is 2. The van der Waals surface area contributed by atoms with Gasteiger partial charge >= 0.3 is 0 Å². The lowest BCUT2D eigenvalue weighted by Crippen LogP contribution is -2.59. The first kappa shape index (κ1) is 20.2. The molecular formula is C23H24N4O2S. The van der Waals surface area contributed by atoms with Gasteiger partial charge in [-0.15, -0.1) is 0 Å². The molecule has 1 aliphatic rings. The molecule has 2 amide bonds. The van der Waals surface area contributed by atoms with Crippen molar-refractivity contribution in [2.75, 3.05) is 16.0 Å². The summed E-state index contributed by atoms with van der Waals surface area (Å²) in [6, 6.07) is 13.5. The molecule has 7 heteroatoms. The second-order valence-corrected chi connectivity index (χ2v) is 8.79. The SMILES string of the molecule is Cc1cccc(-n2ccnc2SCC(=O)N2c3ccccc3NC(=O)C2(C)C)c1C. The van der Waals surface area contributed by atoms with E-state index in [2.05, 4.69) is 30.2 Å². The van der Waals surface area contributed by atoms with E-state index in [0.29, 0.717) is 11.4 Å². The number of nitrogens with one attached hydrogen (secondary N) is 1. The molecule has 154 valence electrons. The number of hydrogen-bond donors (Lipinski definition) is 1. The Bertz CT molecular complexity index is 1140. The third-order valence-electron chi connectivity index (χ3n) is 5.52. The van der Waals surface area contributed by atoms with Crippen LogP contribution >= 0.6 is 11.8 Å². The van der Waals surface area contributed by atoms with Gasteiger partial charge in [0.2, 0.25) is 11.8 Å². The van der Waals surface area contributed by atoms with E-state index in [-0.39, 0.29) is 17.6 Å². The van der Waals surface area contributed by atoms with Crippen LogP contribution in [0.25, 0.3) is 5.69 Å². The summed E-state index contributed by atoms with van der Waals surface area (Å²) in [7, 11) is 0. The Balaban J connectivity index is 1.60. The molecule has 0 aliphatic carbocycles. The third kappa shape index (κ3) is 3.39. The first-order chi connectivity index (χ1) is 14.3. The van der Waals surface area contributed by atoms with Crippen molar-refractivity contribution in [2.24, 2.45) is 0 Å². The van der Waals surface area contributed by atoms with Gasteiger partial charge in [-0.1, -0.05) is 36.0 Å². The molecule has 0 radical (unpaired) electrons. The van der Waals surface area contributed by atoms with Crippen LogP contribution < -0.4 is 10.2 Å². The summed E-state index contributed by atoms with van der Waals surface area (Å²) < 4.78 is 2.00. The van der Waals surface area contributed by atoms with Crippen LogP contribution in [-0.2, 0) is 9.59 Å². The number of fused-ring (bicyclic) bond motifs is 1. The Morgan fingerprint density at radius 1 is 1.10 bits per heavy atom. The van der Waals surface area contributed by atoms with E-state index in [1.54, 1.807) is 24.9 Å². The Hall–Kier alpha value is -3.06. The van der Waals surface area contributed by atoms with Gasteiger partial charge in [0.1, 0.15) is 5.54 Å². The minimum Gasteiger partial charge on any atom is -0.322 e. The van der Waals surface area contributed by atoms with Gasteiger partial charge in [-0.2, -0.15) is 0 Å². The lowest BCUT2D eigenvalue weighted by atomic mass is 9.96. The van der Waals surface area contributed by atoms with Crippen LogP contribution in [0.15, 0.2) is 60.0 Å². The van der Waals surface area contributed by atoms with Crippen LogP contribution in [-0.4, -0.2) is 32.7 Å². The maximum absolute atomic E-state index is 13.3. The number of amides is 2. The summed E-state index contributed by atoms with van der Waals surface area (Å²) in [4.78, 5) is 31.9. The first-order valence-electron chi connectivity index (χ1n) is 9.77. The summed E-state index contributed by atoms with van der Waals surface area (Å²) in [6.45, 7) is 7.68. The minimum atomic E-state index is -0.978. The van der Waals surface area contributed by atoms with Crippen molar-refractivity contribution in [1.29, 1.82) is 0 Å². The number of carbonyl (C=O) groups is 2. The maximum Gasteiger partial charge on any atom is 0.250 e. The normalized spacial score (nSPS) is 14.9. The molecule has 0 saturated heterocycles. The number of rotatable bonds is 4. The molecule has 2 aromatic carbocycles. The standard InChI is InChI=1S/C23H24N4O2S/c1-15-8-7-11-18(16(15)2)26-13-12-24-22(26)30-14-20(28)27-19-10-6-5-9-17(19)25-21(29)23(27,3)4/h5-13H,14H2,1-4H3,(H,25,29). The number of thioether (sulfide) groups is 1. The van der Waals surface area contributed by atoms with Gasteiger partial charge in [-0.05, 0) is 57.0 Å². The van der Waals surface area contributed by atoms with Gasteiger partial charge in [0.15, 0.2) is 5.16 Å². The lowest BCUT2D eigenvalue weighted by molar-refractivity contribution is -0.125. The highest BCUT2D eigenvalue weighted by molar-refractivity contribution is 7.99. The Labute approximate surface area is 180 Å². The molecule has 0 saturated carbocycles. The van der Waals surface area contributed by atoms with Crippen LogP contribution in [0, 0.1) is 13.8 Å². The number of anilines is 2. The minimum absolute atomic E-state index is 0.136. The Kier molecular flexibility index (Phi) is 5.15. The molecule has 3 aromatic rings. The van der Waals surface area contributed by atoms with Crippen molar-refractivity contribution < 1.29 is 9.59 Å². The Morgan fingerprint density at radius 3 is 2.63 bits per heavy atom. The number of nitrogens with zero attached hydrogens (tertiary/aromatic N) is 3. The van der Waals surface area contributed by atoms with Gasteiger partial charge in [0.05, 0.1) is 22.8 Å². The molecule has 0 spiro atoms. The molecule has 6 nitrogen and oxygen atoms in total. The van der Waals surface area contributed by atoms with Gasteiger partial charge in [0, 0.05) is 12.4 Å². The van der Waals surface area contributed by atoms with E-state index in [1.807, 2.05) is 47.2 Å². The van der Waals surface area contributed by atoms with E-state index in [4.69, 9.17) is 0 Å². The molecule has 1 aromatic heterocycles. The summed E-state index contributed by atoms with van der Waals surface area (Å²) >= 11 is 1.37. The largest absolute Gasteiger partial charge is 0.322 e. The number of aromatic nitrogens is 2. The monoisotopic (exact) mass is 420 g/mol. The number of para-hydroxylation sites is 2. The zero-order chi connectivity index (χ0) is 21.5. The molecule has 0 fully saturated rings. The van der Waals surface area contributed by atoms with Crippen molar-refractivity contribution in [3.05, 3.63) is 66.0 Å². The zero-order valence-electron chi connectivity index (χ0n) is 17.5. The van der Waals surface area contributed by atoms with E-state index in [9.17, 15) is 9.59 Å². The number of hydrogen-bond acceptors (Lipinski definition) is 4. The highest BCUT2D eigenvalue weighted by atomic mass is 32.2. The fourth-order valence-corrected chi connectivity index (χ4v) is 4.48. The molecule has 0 bridgehead atoms. The zero-order valence-corrected chi connectivity index (χ0v) is 18.3. The van der Waals surface area contributed by atoms with E-state index in [0.717, 1.165) is 10.8 Å². The fraction of sp³-hybridized carbons (Fsp3) is 0.261. The van der Waals surface area contributed by atoms with Gasteiger partial charge in [-0.25, -0.2) is 4.98 Å².